The van der Waals surface area contributed by atoms with Gasteiger partial charge in [-0.05, 0) is 42.7 Å². The Hall–Kier alpha value is -1.92. The monoisotopic (exact) mass is 413 g/mol. The van der Waals surface area contributed by atoms with Crippen molar-refractivity contribution < 1.29 is 13.9 Å². The molecule has 2 aromatic rings. The Bertz CT molecular complexity index is 808. The zero-order chi connectivity index (χ0) is 21.1. The molecule has 0 spiro atoms. The number of carbonyl (C=O) groups excluding carboxylic acids is 1. The van der Waals surface area contributed by atoms with Crippen LogP contribution in [-0.2, 0) is 9.53 Å². The standard InChI is InChI=1S/C24H35N3O3/c1-15-7-6-8-16(2)18(15)11-12-25-23(28)22-19(13-17(29-3)14-26-22)24-27-20-9-4-5-10-21(20)30-24/h4-5,9-10,15-19,22,26H,6-8,11-14H2,1-3H3,(H,25,28)/t15-,16+,17?,18?,19?,22-/m0/s1. The number of fused-ring (bicyclic) bond motifs is 1. The number of carbonyl (C=O) groups is 1. The molecule has 30 heavy (non-hydrogen) atoms. The maximum atomic E-state index is 13.1. The van der Waals surface area contributed by atoms with E-state index in [-0.39, 0.29) is 24.0 Å². The molecular weight excluding hydrogens is 378 g/mol. The molecule has 0 bridgehead atoms. The fourth-order valence-corrected chi connectivity index (χ4v) is 5.44. The highest BCUT2D eigenvalue weighted by atomic mass is 16.5. The lowest BCUT2D eigenvalue weighted by atomic mass is 9.72. The van der Waals surface area contributed by atoms with Gasteiger partial charge in [0, 0.05) is 20.2 Å². The van der Waals surface area contributed by atoms with Gasteiger partial charge in [-0.2, -0.15) is 0 Å². The van der Waals surface area contributed by atoms with Crippen LogP contribution in [0.15, 0.2) is 28.7 Å². The smallest absolute Gasteiger partial charge is 0.237 e. The fraction of sp³-hybridized carbons (Fsp3) is 0.667. The van der Waals surface area contributed by atoms with E-state index in [9.17, 15) is 4.79 Å². The number of hydrogen-bond donors (Lipinski definition) is 2. The minimum atomic E-state index is -0.356. The van der Waals surface area contributed by atoms with Gasteiger partial charge in [0.25, 0.3) is 0 Å². The van der Waals surface area contributed by atoms with E-state index in [0.717, 1.165) is 35.9 Å². The number of oxazole rings is 1. The predicted molar refractivity (Wildman–Crippen MR) is 117 cm³/mol. The van der Waals surface area contributed by atoms with Gasteiger partial charge in [0.1, 0.15) is 5.52 Å². The zero-order valence-electron chi connectivity index (χ0n) is 18.4. The Balaban J connectivity index is 1.43. The van der Waals surface area contributed by atoms with Crippen molar-refractivity contribution in [3.63, 3.8) is 0 Å². The number of aromatic nitrogens is 1. The average molecular weight is 414 g/mol. The first kappa shape index (κ1) is 21.3. The van der Waals surface area contributed by atoms with Crippen molar-refractivity contribution in [1.82, 2.24) is 15.6 Å². The van der Waals surface area contributed by atoms with Crippen LogP contribution >= 0.6 is 0 Å². The van der Waals surface area contributed by atoms with Crippen LogP contribution in [0.5, 0.6) is 0 Å². The van der Waals surface area contributed by atoms with E-state index in [2.05, 4.69) is 29.5 Å². The SMILES string of the molecule is COC1CN[C@H](C(=O)NCCC2[C@H](C)CCC[C@@H]2C)C(c2nc3ccccc3o2)C1. The van der Waals surface area contributed by atoms with Crippen LogP contribution in [0, 0.1) is 17.8 Å². The number of nitrogens with zero attached hydrogens (tertiary/aromatic N) is 1. The average Bonchev–Trinajstić information content (AvgIpc) is 3.19. The van der Waals surface area contributed by atoms with Crippen molar-refractivity contribution >= 4 is 17.0 Å². The minimum Gasteiger partial charge on any atom is -0.440 e. The van der Waals surface area contributed by atoms with Crippen molar-refractivity contribution in [2.24, 2.45) is 17.8 Å². The summed E-state index contributed by atoms with van der Waals surface area (Å²) >= 11 is 0. The molecule has 0 radical (unpaired) electrons. The summed E-state index contributed by atoms with van der Waals surface area (Å²) in [5.74, 6) is 2.68. The fourth-order valence-electron chi connectivity index (χ4n) is 5.44. The van der Waals surface area contributed by atoms with Gasteiger partial charge in [-0.1, -0.05) is 45.2 Å². The van der Waals surface area contributed by atoms with E-state index in [0.29, 0.717) is 24.8 Å². The lowest BCUT2D eigenvalue weighted by Gasteiger charge is -2.36. The summed E-state index contributed by atoms with van der Waals surface area (Å²) in [5.41, 5.74) is 1.58. The normalized spacial score (nSPS) is 32.2. The molecule has 6 heteroatoms. The van der Waals surface area contributed by atoms with Crippen molar-refractivity contribution in [2.75, 3.05) is 20.2 Å². The van der Waals surface area contributed by atoms with Gasteiger partial charge in [0.2, 0.25) is 11.8 Å². The summed E-state index contributed by atoms with van der Waals surface area (Å²) in [6.07, 6.45) is 5.76. The topological polar surface area (TPSA) is 76.4 Å². The molecule has 3 unspecified atom stereocenters. The number of amides is 1. The van der Waals surface area contributed by atoms with E-state index in [1.807, 2.05) is 24.3 Å². The molecule has 1 aromatic carbocycles. The summed E-state index contributed by atoms with van der Waals surface area (Å²) in [6, 6.07) is 7.38. The van der Waals surface area contributed by atoms with Gasteiger partial charge < -0.3 is 19.8 Å². The highest BCUT2D eigenvalue weighted by Crippen LogP contribution is 2.36. The highest BCUT2D eigenvalue weighted by molar-refractivity contribution is 5.83. The molecule has 164 valence electrons. The molecule has 2 aliphatic rings. The number of rotatable bonds is 6. The number of benzene rings is 1. The number of hydrogen-bond acceptors (Lipinski definition) is 5. The van der Waals surface area contributed by atoms with Crippen LogP contribution in [0.2, 0.25) is 0 Å². The highest BCUT2D eigenvalue weighted by Gasteiger charge is 2.39. The van der Waals surface area contributed by atoms with Crippen LogP contribution in [0.4, 0.5) is 0 Å². The molecule has 1 aromatic heterocycles. The number of para-hydroxylation sites is 2. The molecule has 1 aliphatic heterocycles. The second-order valence-corrected chi connectivity index (χ2v) is 9.23. The minimum absolute atomic E-state index is 0.0351. The first-order chi connectivity index (χ1) is 14.6. The molecular formula is C24H35N3O3. The van der Waals surface area contributed by atoms with Crippen molar-refractivity contribution in [1.29, 1.82) is 0 Å². The van der Waals surface area contributed by atoms with Crippen LogP contribution < -0.4 is 10.6 Å². The molecule has 2 fully saturated rings. The molecule has 1 saturated heterocycles. The Morgan fingerprint density at radius 3 is 2.77 bits per heavy atom. The quantitative estimate of drug-likeness (QED) is 0.752. The van der Waals surface area contributed by atoms with Gasteiger partial charge in [-0.3, -0.25) is 4.79 Å². The third-order valence-corrected chi connectivity index (χ3v) is 7.29. The predicted octanol–water partition coefficient (Wildman–Crippen LogP) is 3.87. The van der Waals surface area contributed by atoms with E-state index in [4.69, 9.17) is 9.15 Å². The second-order valence-electron chi connectivity index (χ2n) is 9.23. The van der Waals surface area contributed by atoms with Gasteiger partial charge >= 0.3 is 0 Å². The molecule has 1 amide bonds. The van der Waals surface area contributed by atoms with E-state index >= 15 is 0 Å². The Kier molecular flexibility index (Phi) is 6.74. The molecule has 2 heterocycles. The Morgan fingerprint density at radius 2 is 2.03 bits per heavy atom. The number of methoxy groups -OCH3 is 1. The molecule has 4 rings (SSSR count). The third kappa shape index (κ3) is 4.54. The van der Waals surface area contributed by atoms with Crippen LogP contribution in [0.25, 0.3) is 11.1 Å². The number of piperidine rings is 1. The van der Waals surface area contributed by atoms with E-state index in [1.165, 1.54) is 19.3 Å². The van der Waals surface area contributed by atoms with Gasteiger partial charge in [0.05, 0.1) is 18.1 Å². The van der Waals surface area contributed by atoms with Crippen molar-refractivity contribution in [2.45, 2.75) is 64.0 Å². The van der Waals surface area contributed by atoms with Crippen LogP contribution in [0.1, 0.15) is 57.8 Å². The van der Waals surface area contributed by atoms with Crippen molar-refractivity contribution in [3.05, 3.63) is 30.2 Å². The lowest BCUT2D eigenvalue weighted by Crippen LogP contribution is -2.55. The molecule has 6 atom stereocenters. The number of nitrogens with one attached hydrogen (secondary N) is 2. The summed E-state index contributed by atoms with van der Waals surface area (Å²) < 4.78 is 11.6. The maximum absolute atomic E-state index is 13.1. The summed E-state index contributed by atoms with van der Waals surface area (Å²) in [7, 11) is 1.71. The largest absolute Gasteiger partial charge is 0.440 e. The van der Waals surface area contributed by atoms with Gasteiger partial charge in [-0.25, -0.2) is 4.98 Å². The maximum Gasteiger partial charge on any atom is 0.237 e. The third-order valence-electron chi connectivity index (χ3n) is 7.29. The molecule has 2 N–H and O–H groups in total. The Morgan fingerprint density at radius 1 is 1.27 bits per heavy atom. The van der Waals surface area contributed by atoms with Gasteiger partial charge in [-0.15, -0.1) is 0 Å². The summed E-state index contributed by atoms with van der Waals surface area (Å²) in [4.78, 5) is 17.8. The molecule has 1 saturated carbocycles. The first-order valence-corrected chi connectivity index (χ1v) is 11.5. The second kappa shape index (κ2) is 9.48. The lowest BCUT2D eigenvalue weighted by molar-refractivity contribution is -0.125. The summed E-state index contributed by atoms with van der Waals surface area (Å²) in [5, 5.41) is 6.58. The molecule has 6 nitrogen and oxygen atoms in total. The van der Waals surface area contributed by atoms with Crippen LogP contribution in [-0.4, -0.2) is 43.2 Å². The Labute approximate surface area is 179 Å². The summed E-state index contributed by atoms with van der Waals surface area (Å²) in [6.45, 7) is 6.10. The zero-order valence-corrected chi connectivity index (χ0v) is 18.4. The molecule has 1 aliphatic carbocycles. The van der Waals surface area contributed by atoms with Gasteiger partial charge in [0.15, 0.2) is 5.58 Å². The van der Waals surface area contributed by atoms with E-state index < -0.39 is 0 Å². The van der Waals surface area contributed by atoms with E-state index in [1.54, 1.807) is 7.11 Å². The van der Waals surface area contributed by atoms with Crippen LogP contribution in [0.3, 0.4) is 0 Å². The first-order valence-electron chi connectivity index (χ1n) is 11.5. The number of ether oxygens (including phenoxy) is 1. The van der Waals surface area contributed by atoms with Crippen molar-refractivity contribution in [3.8, 4) is 0 Å².